The van der Waals surface area contributed by atoms with Crippen molar-refractivity contribution in [1.29, 1.82) is 0 Å². The summed E-state index contributed by atoms with van der Waals surface area (Å²) < 4.78 is 1.86. The smallest absolute Gasteiger partial charge is 0.274 e. The topological polar surface area (TPSA) is 59.3 Å². The van der Waals surface area contributed by atoms with Crippen LogP contribution in [0.15, 0.2) is 36.7 Å². The predicted molar refractivity (Wildman–Crippen MR) is 92.2 cm³/mol. The van der Waals surface area contributed by atoms with E-state index in [1.165, 1.54) is 11.1 Å². The third-order valence-corrected chi connectivity index (χ3v) is 4.72. The minimum atomic E-state index is -0.139. The normalized spacial score (nSPS) is 16.8. The first-order valence-corrected chi connectivity index (χ1v) is 8.31. The second-order valence-corrected chi connectivity index (χ2v) is 6.51. The quantitative estimate of drug-likeness (QED) is 0.789. The maximum absolute atomic E-state index is 12.7. The summed E-state index contributed by atoms with van der Waals surface area (Å²) in [5.74, 6) is -0.139. The minimum Gasteiger partial charge on any atom is -0.348 e. The van der Waals surface area contributed by atoms with E-state index in [0.717, 1.165) is 30.7 Å². The summed E-state index contributed by atoms with van der Waals surface area (Å²) in [4.78, 5) is 21.5. The number of nitrogens with one attached hydrogen (secondary N) is 1. The lowest BCUT2D eigenvalue weighted by Crippen LogP contribution is -2.39. The van der Waals surface area contributed by atoms with E-state index in [9.17, 15) is 4.79 Å². The zero-order chi connectivity index (χ0) is 16.7. The fraction of sp³-hybridized carbons (Fsp3) is 0.316. The summed E-state index contributed by atoms with van der Waals surface area (Å²) in [5.41, 5.74) is 5.66. The van der Waals surface area contributed by atoms with E-state index < -0.39 is 0 Å². The number of aryl methyl sites for hydroxylation is 3. The molecule has 1 aromatic carbocycles. The zero-order valence-corrected chi connectivity index (χ0v) is 13.9. The fourth-order valence-electron chi connectivity index (χ4n) is 3.51. The molecule has 24 heavy (non-hydrogen) atoms. The molecule has 0 aliphatic heterocycles. The van der Waals surface area contributed by atoms with Gasteiger partial charge in [-0.05, 0) is 50.3 Å². The Morgan fingerprint density at radius 1 is 1.25 bits per heavy atom. The molecule has 2 aromatic heterocycles. The average Bonchev–Trinajstić information content (AvgIpc) is 2.99. The third-order valence-electron chi connectivity index (χ3n) is 4.72. The van der Waals surface area contributed by atoms with Crippen molar-refractivity contribution in [3.63, 3.8) is 0 Å². The molecular weight excluding hydrogens is 300 g/mol. The first kappa shape index (κ1) is 14.9. The number of nitrogens with zero attached hydrogens (tertiary/aromatic N) is 3. The summed E-state index contributed by atoms with van der Waals surface area (Å²) in [5, 5.41) is 3.14. The molecule has 1 unspecified atom stereocenters. The molecule has 0 bridgehead atoms. The number of imidazole rings is 1. The van der Waals surface area contributed by atoms with Gasteiger partial charge >= 0.3 is 0 Å². The number of fused-ring (bicyclic) bond motifs is 2. The van der Waals surface area contributed by atoms with E-state index in [2.05, 4.69) is 39.6 Å². The number of benzene rings is 1. The van der Waals surface area contributed by atoms with Crippen molar-refractivity contribution < 1.29 is 4.79 Å². The largest absolute Gasteiger partial charge is 0.348 e. The predicted octanol–water partition coefficient (Wildman–Crippen LogP) is 2.63. The molecule has 0 spiro atoms. The van der Waals surface area contributed by atoms with Crippen molar-refractivity contribution in [3.05, 3.63) is 64.9 Å². The van der Waals surface area contributed by atoms with Gasteiger partial charge in [-0.25, -0.2) is 9.97 Å². The number of carbonyl (C=O) groups excluding carboxylic acids is 1. The highest BCUT2D eigenvalue weighted by molar-refractivity contribution is 5.98. The number of carbonyl (C=O) groups is 1. The molecule has 0 radical (unpaired) electrons. The Morgan fingerprint density at radius 3 is 2.88 bits per heavy atom. The van der Waals surface area contributed by atoms with Crippen LogP contribution in [0.5, 0.6) is 0 Å². The van der Waals surface area contributed by atoms with Crippen molar-refractivity contribution >= 4 is 11.6 Å². The van der Waals surface area contributed by atoms with Gasteiger partial charge in [0.25, 0.3) is 5.91 Å². The second-order valence-electron chi connectivity index (χ2n) is 6.51. The molecule has 2 heterocycles. The van der Waals surface area contributed by atoms with E-state index in [4.69, 9.17) is 0 Å². The molecule has 1 amide bonds. The third kappa shape index (κ3) is 2.56. The van der Waals surface area contributed by atoms with Gasteiger partial charge in [0.15, 0.2) is 11.3 Å². The van der Waals surface area contributed by atoms with E-state index in [0.29, 0.717) is 11.3 Å². The van der Waals surface area contributed by atoms with E-state index in [1.54, 1.807) is 6.33 Å². The van der Waals surface area contributed by atoms with Gasteiger partial charge in [-0.2, -0.15) is 0 Å². The Labute approximate surface area is 140 Å². The van der Waals surface area contributed by atoms with Crippen LogP contribution < -0.4 is 5.32 Å². The molecule has 1 aliphatic rings. The standard InChI is InChI=1S/C19H20N4O/c1-12-9-13(2)23-11-20-17(18(23)21-12)19(24)22-16-8-7-14-5-3-4-6-15(14)10-16/h3-6,9,11,16H,7-8,10H2,1-2H3,(H,22,24). The Balaban J connectivity index is 1.57. The van der Waals surface area contributed by atoms with Crippen LogP contribution in [0.1, 0.15) is 39.4 Å². The molecule has 3 aromatic rings. The highest BCUT2D eigenvalue weighted by Gasteiger charge is 2.23. The molecule has 0 fully saturated rings. The van der Waals surface area contributed by atoms with E-state index >= 15 is 0 Å². The second kappa shape index (κ2) is 5.74. The number of hydrogen-bond donors (Lipinski definition) is 1. The lowest BCUT2D eigenvalue weighted by atomic mass is 9.88. The summed E-state index contributed by atoms with van der Waals surface area (Å²) in [7, 11) is 0. The summed E-state index contributed by atoms with van der Waals surface area (Å²) in [6.07, 6.45) is 4.50. The van der Waals surface area contributed by atoms with Crippen molar-refractivity contribution in [2.24, 2.45) is 0 Å². The number of hydrogen-bond acceptors (Lipinski definition) is 3. The van der Waals surface area contributed by atoms with Crippen molar-refractivity contribution in [2.75, 3.05) is 0 Å². The maximum atomic E-state index is 12.7. The van der Waals surface area contributed by atoms with Crippen LogP contribution in [0.3, 0.4) is 0 Å². The summed E-state index contributed by atoms with van der Waals surface area (Å²) in [6, 6.07) is 10.6. The van der Waals surface area contributed by atoms with Crippen LogP contribution in [0.25, 0.3) is 5.65 Å². The van der Waals surface area contributed by atoms with Crippen molar-refractivity contribution in [3.8, 4) is 0 Å². The van der Waals surface area contributed by atoms with Gasteiger partial charge in [0.05, 0.1) is 0 Å². The molecule has 5 nitrogen and oxygen atoms in total. The lowest BCUT2D eigenvalue weighted by molar-refractivity contribution is 0.0930. The SMILES string of the molecule is Cc1cc(C)n2cnc(C(=O)NC3CCc4ccccc4C3)c2n1. The fourth-order valence-corrected chi connectivity index (χ4v) is 3.51. The minimum absolute atomic E-state index is 0.139. The molecular formula is C19H20N4O. The van der Waals surface area contributed by atoms with Gasteiger partial charge in [0.2, 0.25) is 0 Å². The molecule has 1 N–H and O–H groups in total. The summed E-state index contributed by atoms with van der Waals surface area (Å²) >= 11 is 0. The monoisotopic (exact) mass is 320 g/mol. The van der Waals surface area contributed by atoms with Gasteiger partial charge in [0, 0.05) is 17.4 Å². The zero-order valence-electron chi connectivity index (χ0n) is 13.9. The molecule has 0 saturated carbocycles. The van der Waals surface area contributed by atoms with Gasteiger partial charge in [-0.3, -0.25) is 9.20 Å². The van der Waals surface area contributed by atoms with Gasteiger partial charge in [-0.15, -0.1) is 0 Å². The average molecular weight is 320 g/mol. The van der Waals surface area contributed by atoms with Gasteiger partial charge in [-0.1, -0.05) is 24.3 Å². The van der Waals surface area contributed by atoms with Crippen LogP contribution in [-0.2, 0) is 12.8 Å². The van der Waals surface area contributed by atoms with E-state index in [-0.39, 0.29) is 11.9 Å². The van der Waals surface area contributed by atoms with Crippen LogP contribution in [0.4, 0.5) is 0 Å². The van der Waals surface area contributed by atoms with Gasteiger partial charge in [0.1, 0.15) is 6.33 Å². The Kier molecular flexibility index (Phi) is 3.56. The molecule has 122 valence electrons. The molecule has 5 heteroatoms. The van der Waals surface area contributed by atoms with Crippen LogP contribution >= 0.6 is 0 Å². The molecule has 0 saturated heterocycles. The van der Waals surface area contributed by atoms with E-state index in [1.807, 2.05) is 24.3 Å². The Bertz CT molecular complexity index is 928. The summed E-state index contributed by atoms with van der Waals surface area (Å²) in [6.45, 7) is 3.92. The van der Waals surface area contributed by atoms with Crippen LogP contribution in [0, 0.1) is 13.8 Å². The Hall–Kier alpha value is -2.69. The molecule has 1 atom stereocenters. The first-order chi connectivity index (χ1) is 11.6. The number of aromatic nitrogens is 3. The highest BCUT2D eigenvalue weighted by Crippen LogP contribution is 2.21. The van der Waals surface area contributed by atoms with Gasteiger partial charge < -0.3 is 5.32 Å². The van der Waals surface area contributed by atoms with Crippen LogP contribution in [0.2, 0.25) is 0 Å². The highest BCUT2D eigenvalue weighted by atomic mass is 16.2. The number of rotatable bonds is 2. The molecule has 4 rings (SSSR count). The van der Waals surface area contributed by atoms with Crippen molar-refractivity contribution in [1.82, 2.24) is 19.7 Å². The first-order valence-electron chi connectivity index (χ1n) is 8.31. The van der Waals surface area contributed by atoms with Crippen molar-refractivity contribution in [2.45, 2.75) is 39.2 Å². The maximum Gasteiger partial charge on any atom is 0.274 e. The molecule has 1 aliphatic carbocycles. The Morgan fingerprint density at radius 2 is 2.04 bits per heavy atom. The lowest BCUT2D eigenvalue weighted by Gasteiger charge is -2.25. The van der Waals surface area contributed by atoms with Crippen LogP contribution in [-0.4, -0.2) is 26.3 Å². The number of amides is 1.